The Morgan fingerprint density at radius 1 is 1.44 bits per heavy atom. The number of hydrogen-bond donors (Lipinski definition) is 1. The van der Waals surface area contributed by atoms with Crippen LogP contribution in [0.1, 0.15) is 48.6 Å². The molecule has 1 N–H and O–H groups in total. The molecule has 0 fully saturated rings. The van der Waals surface area contributed by atoms with Crippen LogP contribution >= 0.6 is 11.3 Å². The van der Waals surface area contributed by atoms with Crippen molar-refractivity contribution in [1.29, 1.82) is 0 Å². The van der Waals surface area contributed by atoms with Crippen molar-refractivity contribution in [2.24, 2.45) is 0 Å². The normalized spacial score (nSPS) is 12.6. The first-order valence-electron chi connectivity index (χ1n) is 6.00. The number of nitrogens with one attached hydrogen (secondary N) is 1. The van der Waals surface area contributed by atoms with Gasteiger partial charge in [0.2, 0.25) is 0 Å². The fourth-order valence-corrected chi connectivity index (χ4v) is 2.72. The van der Waals surface area contributed by atoms with Gasteiger partial charge in [-0.05, 0) is 52.3 Å². The van der Waals surface area contributed by atoms with E-state index in [2.05, 4.69) is 52.1 Å². The molecule has 0 saturated carbocycles. The molecule has 0 saturated heterocycles. The minimum atomic E-state index is 0.391. The third-order valence-corrected chi connectivity index (χ3v) is 3.84. The van der Waals surface area contributed by atoms with E-state index >= 15 is 0 Å². The highest BCUT2D eigenvalue weighted by molar-refractivity contribution is 7.12. The van der Waals surface area contributed by atoms with Crippen LogP contribution in [0.3, 0.4) is 0 Å². The number of allylic oxidation sites excluding steroid dienone is 1. The lowest BCUT2D eigenvalue weighted by Gasteiger charge is -2.13. The second-order valence-electron chi connectivity index (χ2n) is 4.56. The summed E-state index contributed by atoms with van der Waals surface area (Å²) in [6.45, 7) is 12.0. The lowest BCUT2D eigenvalue weighted by molar-refractivity contribution is 0.617. The van der Waals surface area contributed by atoms with Crippen molar-refractivity contribution in [3.8, 4) is 0 Å². The average molecular weight is 237 g/mol. The van der Waals surface area contributed by atoms with Crippen LogP contribution in [0.15, 0.2) is 17.7 Å². The summed E-state index contributed by atoms with van der Waals surface area (Å²) in [5.74, 6) is 0. The Kier molecular flexibility index (Phi) is 5.23. The predicted molar refractivity (Wildman–Crippen MR) is 74.3 cm³/mol. The van der Waals surface area contributed by atoms with E-state index < -0.39 is 0 Å². The maximum absolute atomic E-state index is 3.59. The summed E-state index contributed by atoms with van der Waals surface area (Å²) in [6.07, 6.45) is 3.50. The van der Waals surface area contributed by atoms with Crippen molar-refractivity contribution in [2.45, 2.75) is 47.1 Å². The van der Waals surface area contributed by atoms with E-state index in [0.29, 0.717) is 6.04 Å². The number of hydrogen-bond acceptors (Lipinski definition) is 2. The third kappa shape index (κ3) is 3.76. The van der Waals surface area contributed by atoms with Gasteiger partial charge in [-0.25, -0.2) is 0 Å². The molecule has 0 amide bonds. The molecule has 0 radical (unpaired) electrons. The van der Waals surface area contributed by atoms with Gasteiger partial charge >= 0.3 is 0 Å². The maximum Gasteiger partial charge on any atom is 0.0603 e. The fraction of sp³-hybridized carbons (Fsp3) is 0.571. The van der Waals surface area contributed by atoms with Crippen molar-refractivity contribution in [3.05, 3.63) is 33.0 Å². The van der Waals surface area contributed by atoms with Crippen molar-refractivity contribution in [2.75, 3.05) is 6.54 Å². The van der Waals surface area contributed by atoms with Gasteiger partial charge < -0.3 is 5.32 Å². The molecule has 90 valence electrons. The Morgan fingerprint density at radius 3 is 2.56 bits per heavy atom. The van der Waals surface area contributed by atoms with Crippen LogP contribution in [0.4, 0.5) is 0 Å². The number of thiophene rings is 1. The van der Waals surface area contributed by atoms with E-state index in [1.165, 1.54) is 27.3 Å². The lowest BCUT2D eigenvalue weighted by Crippen LogP contribution is -2.19. The van der Waals surface area contributed by atoms with Crippen LogP contribution in [0.25, 0.3) is 0 Å². The van der Waals surface area contributed by atoms with Gasteiger partial charge in [0.15, 0.2) is 0 Å². The quantitative estimate of drug-likeness (QED) is 0.750. The van der Waals surface area contributed by atoms with E-state index in [1.807, 2.05) is 11.3 Å². The smallest absolute Gasteiger partial charge is 0.0603 e. The zero-order chi connectivity index (χ0) is 12.1. The van der Waals surface area contributed by atoms with Gasteiger partial charge in [-0.2, -0.15) is 0 Å². The van der Waals surface area contributed by atoms with Crippen LogP contribution in [0.2, 0.25) is 0 Å². The van der Waals surface area contributed by atoms with Crippen LogP contribution in [-0.4, -0.2) is 6.54 Å². The van der Waals surface area contributed by atoms with Crippen LogP contribution < -0.4 is 5.32 Å². The molecule has 1 atom stereocenters. The SMILES string of the molecule is CCCNC(C=C(C)C)c1cc(C)c(C)s1. The molecule has 0 aliphatic rings. The molecule has 0 spiro atoms. The Hall–Kier alpha value is -0.600. The fourth-order valence-electron chi connectivity index (χ4n) is 1.63. The molecule has 1 nitrogen and oxygen atoms in total. The Balaban J connectivity index is 2.87. The molecule has 1 aromatic heterocycles. The highest BCUT2D eigenvalue weighted by atomic mass is 32.1. The lowest BCUT2D eigenvalue weighted by atomic mass is 10.1. The summed E-state index contributed by atoms with van der Waals surface area (Å²) < 4.78 is 0. The minimum absolute atomic E-state index is 0.391. The maximum atomic E-state index is 3.59. The van der Waals surface area contributed by atoms with Gasteiger partial charge in [0.25, 0.3) is 0 Å². The average Bonchev–Trinajstić information content (AvgIpc) is 2.53. The first-order chi connectivity index (χ1) is 7.54. The zero-order valence-corrected chi connectivity index (χ0v) is 11.9. The van der Waals surface area contributed by atoms with E-state index in [4.69, 9.17) is 0 Å². The summed E-state index contributed by atoms with van der Waals surface area (Å²) in [4.78, 5) is 2.87. The Morgan fingerprint density at radius 2 is 2.12 bits per heavy atom. The summed E-state index contributed by atoms with van der Waals surface area (Å²) in [7, 11) is 0. The van der Waals surface area contributed by atoms with Crippen molar-refractivity contribution in [1.82, 2.24) is 5.32 Å². The molecular formula is C14H23NS. The molecule has 1 unspecified atom stereocenters. The van der Waals surface area contributed by atoms with Crippen molar-refractivity contribution < 1.29 is 0 Å². The van der Waals surface area contributed by atoms with Crippen LogP contribution in [0, 0.1) is 13.8 Å². The van der Waals surface area contributed by atoms with E-state index in [1.54, 1.807) is 0 Å². The van der Waals surface area contributed by atoms with Crippen LogP contribution in [-0.2, 0) is 0 Å². The Labute approximate surface area is 104 Å². The highest BCUT2D eigenvalue weighted by Gasteiger charge is 2.11. The first-order valence-corrected chi connectivity index (χ1v) is 6.81. The van der Waals surface area contributed by atoms with Gasteiger partial charge in [0, 0.05) is 9.75 Å². The predicted octanol–water partition coefficient (Wildman–Crippen LogP) is 4.37. The monoisotopic (exact) mass is 237 g/mol. The summed E-state index contributed by atoms with van der Waals surface area (Å²) in [6, 6.07) is 2.70. The van der Waals surface area contributed by atoms with E-state index in [9.17, 15) is 0 Å². The van der Waals surface area contributed by atoms with Gasteiger partial charge in [0.1, 0.15) is 0 Å². The van der Waals surface area contributed by atoms with Gasteiger partial charge in [-0.3, -0.25) is 0 Å². The number of rotatable bonds is 5. The molecule has 0 aliphatic heterocycles. The van der Waals surface area contributed by atoms with Gasteiger partial charge in [-0.1, -0.05) is 18.6 Å². The topological polar surface area (TPSA) is 12.0 Å². The largest absolute Gasteiger partial charge is 0.306 e. The van der Waals surface area contributed by atoms with Gasteiger partial charge in [0.05, 0.1) is 6.04 Å². The molecule has 0 aliphatic carbocycles. The van der Waals surface area contributed by atoms with E-state index in [-0.39, 0.29) is 0 Å². The Bertz CT molecular complexity index is 339. The molecule has 1 heterocycles. The second kappa shape index (κ2) is 6.21. The van der Waals surface area contributed by atoms with Crippen molar-refractivity contribution >= 4 is 11.3 Å². The van der Waals surface area contributed by atoms with E-state index in [0.717, 1.165) is 6.54 Å². The summed E-state index contributed by atoms with van der Waals surface area (Å²) >= 11 is 1.91. The zero-order valence-electron chi connectivity index (χ0n) is 11.1. The summed E-state index contributed by atoms with van der Waals surface area (Å²) in [5, 5.41) is 3.59. The molecular weight excluding hydrogens is 214 g/mol. The van der Waals surface area contributed by atoms with Gasteiger partial charge in [-0.15, -0.1) is 11.3 Å². The third-order valence-electron chi connectivity index (χ3n) is 2.61. The molecule has 16 heavy (non-hydrogen) atoms. The standard InChI is InChI=1S/C14H23NS/c1-6-7-15-13(8-10(2)3)14-9-11(4)12(5)16-14/h8-9,13,15H,6-7H2,1-5H3. The highest BCUT2D eigenvalue weighted by Crippen LogP contribution is 2.27. The molecule has 1 aromatic rings. The first kappa shape index (κ1) is 13.5. The van der Waals surface area contributed by atoms with Crippen LogP contribution in [0.5, 0.6) is 0 Å². The van der Waals surface area contributed by atoms with Crippen molar-refractivity contribution in [3.63, 3.8) is 0 Å². The molecule has 1 rings (SSSR count). The summed E-state index contributed by atoms with van der Waals surface area (Å²) in [5.41, 5.74) is 2.78. The molecule has 2 heteroatoms. The minimum Gasteiger partial charge on any atom is -0.306 e. The molecule has 0 bridgehead atoms. The molecule has 0 aromatic carbocycles. The number of aryl methyl sites for hydroxylation is 2. The second-order valence-corrected chi connectivity index (χ2v) is 5.85.